The van der Waals surface area contributed by atoms with E-state index >= 15 is 0 Å². The van der Waals surface area contributed by atoms with Crippen molar-refractivity contribution in [2.24, 2.45) is 0 Å². The lowest BCUT2D eigenvalue weighted by Gasteiger charge is -2.25. The molecule has 1 amide bonds. The molecule has 1 aromatic carbocycles. The highest BCUT2D eigenvalue weighted by Crippen LogP contribution is 2.35. The first kappa shape index (κ1) is 16.2. The van der Waals surface area contributed by atoms with E-state index in [-0.39, 0.29) is 11.9 Å². The van der Waals surface area contributed by atoms with Crippen molar-refractivity contribution >= 4 is 17.2 Å². The van der Waals surface area contributed by atoms with E-state index in [1.165, 1.54) is 4.88 Å². The number of thiophene rings is 1. The summed E-state index contributed by atoms with van der Waals surface area (Å²) in [7, 11) is 4.13. The van der Waals surface area contributed by atoms with Crippen LogP contribution in [-0.2, 0) is 6.42 Å². The molecule has 0 unspecified atom stereocenters. The lowest BCUT2D eigenvalue weighted by molar-refractivity contribution is 0.0736. The zero-order chi connectivity index (χ0) is 16.2. The maximum Gasteiger partial charge on any atom is 0.254 e. The number of hydrogen-bond acceptors (Lipinski definition) is 3. The molecule has 1 atom stereocenters. The van der Waals surface area contributed by atoms with Gasteiger partial charge in [-0.25, -0.2) is 0 Å². The molecular formula is C19H24N2OS. The molecule has 2 aromatic rings. The highest BCUT2D eigenvalue weighted by molar-refractivity contribution is 7.10. The number of rotatable bonds is 5. The van der Waals surface area contributed by atoms with Crippen LogP contribution in [0.2, 0.25) is 0 Å². The molecule has 2 heterocycles. The van der Waals surface area contributed by atoms with Crippen molar-refractivity contribution in [3.8, 4) is 0 Å². The summed E-state index contributed by atoms with van der Waals surface area (Å²) in [5, 5.41) is 2.10. The number of hydrogen-bond donors (Lipinski definition) is 0. The van der Waals surface area contributed by atoms with E-state index in [2.05, 4.69) is 47.5 Å². The van der Waals surface area contributed by atoms with Crippen molar-refractivity contribution in [1.29, 1.82) is 0 Å². The molecule has 1 saturated heterocycles. The minimum absolute atomic E-state index is 0.190. The number of amides is 1. The molecule has 1 aliphatic rings. The van der Waals surface area contributed by atoms with Gasteiger partial charge in [0.1, 0.15) is 0 Å². The molecule has 1 aliphatic heterocycles. The second-order valence-electron chi connectivity index (χ2n) is 6.38. The van der Waals surface area contributed by atoms with Gasteiger partial charge in [0.2, 0.25) is 0 Å². The van der Waals surface area contributed by atoms with Gasteiger partial charge in [-0.2, -0.15) is 0 Å². The maximum atomic E-state index is 13.1. The lowest BCUT2D eigenvalue weighted by atomic mass is 10.0. The molecule has 23 heavy (non-hydrogen) atoms. The van der Waals surface area contributed by atoms with Gasteiger partial charge in [0.15, 0.2) is 0 Å². The SMILES string of the molecule is CN(C)CCc1ccccc1C(=O)N1CCC[C@H]1c1cccs1. The van der Waals surface area contributed by atoms with Gasteiger partial charge in [0.25, 0.3) is 5.91 Å². The Labute approximate surface area is 142 Å². The third-order valence-electron chi connectivity index (χ3n) is 4.46. The van der Waals surface area contributed by atoms with Crippen LogP contribution in [0.1, 0.15) is 39.7 Å². The van der Waals surface area contributed by atoms with Crippen molar-refractivity contribution in [2.45, 2.75) is 25.3 Å². The highest BCUT2D eigenvalue weighted by Gasteiger charge is 2.31. The zero-order valence-electron chi connectivity index (χ0n) is 13.9. The summed E-state index contributed by atoms with van der Waals surface area (Å²) in [6.07, 6.45) is 3.08. The molecule has 0 bridgehead atoms. The largest absolute Gasteiger partial charge is 0.331 e. The second-order valence-corrected chi connectivity index (χ2v) is 7.36. The van der Waals surface area contributed by atoms with Crippen LogP contribution in [0, 0.1) is 0 Å². The first-order chi connectivity index (χ1) is 11.2. The van der Waals surface area contributed by atoms with Gasteiger partial charge < -0.3 is 9.80 Å². The van der Waals surface area contributed by atoms with E-state index in [0.29, 0.717) is 0 Å². The molecule has 0 saturated carbocycles. The van der Waals surface area contributed by atoms with Gasteiger partial charge >= 0.3 is 0 Å². The maximum absolute atomic E-state index is 13.1. The first-order valence-electron chi connectivity index (χ1n) is 8.24. The van der Waals surface area contributed by atoms with E-state index in [9.17, 15) is 4.79 Å². The second kappa shape index (κ2) is 7.28. The molecular weight excluding hydrogens is 304 g/mol. The minimum atomic E-state index is 0.190. The van der Waals surface area contributed by atoms with Crippen LogP contribution >= 0.6 is 11.3 Å². The molecule has 0 N–H and O–H groups in total. The Bertz CT molecular complexity index is 651. The van der Waals surface area contributed by atoms with E-state index in [1.807, 2.05) is 18.2 Å². The fourth-order valence-corrected chi connectivity index (χ4v) is 4.11. The normalized spacial score (nSPS) is 17.9. The van der Waals surface area contributed by atoms with Crippen LogP contribution in [-0.4, -0.2) is 42.9 Å². The Morgan fingerprint density at radius 3 is 2.83 bits per heavy atom. The number of nitrogens with zero attached hydrogens (tertiary/aromatic N) is 2. The van der Waals surface area contributed by atoms with E-state index in [1.54, 1.807) is 11.3 Å². The third-order valence-corrected chi connectivity index (χ3v) is 5.43. The van der Waals surface area contributed by atoms with Crippen molar-refractivity contribution in [1.82, 2.24) is 9.80 Å². The van der Waals surface area contributed by atoms with Crippen LogP contribution < -0.4 is 0 Å². The van der Waals surface area contributed by atoms with Crippen molar-refractivity contribution in [3.63, 3.8) is 0 Å². The molecule has 0 aliphatic carbocycles. The average molecular weight is 328 g/mol. The van der Waals surface area contributed by atoms with Crippen LogP contribution in [0.15, 0.2) is 41.8 Å². The summed E-state index contributed by atoms with van der Waals surface area (Å²) in [5.74, 6) is 0.190. The average Bonchev–Trinajstić information content (AvgIpc) is 3.22. The number of likely N-dealkylation sites (tertiary alicyclic amines) is 1. The molecule has 3 rings (SSSR count). The van der Waals surface area contributed by atoms with Crippen molar-refractivity contribution < 1.29 is 4.79 Å². The van der Waals surface area contributed by atoms with Gasteiger partial charge in [-0.05, 0) is 56.4 Å². The minimum Gasteiger partial charge on any atom is -0.331 e. The van der Waals surface area contributed by atoms with Crippen LogP contribution in [0.5, 0.6) is 0 Å². The first-order valence-corrected chi connectivity index (χ1v) is 9.12. The highest BCUT2D eigenvalue weighted by atomic mass is 32.1. The number of benzene rings is 1. The fraction of sp³-hybridized carbons (Fsp3) is 0.421. The van der Waals surface area contributed by atoms with Crippen molar-refractivity contribution in [3.05, 3.63) is 57.8 Å². The summed E-state index contributed by atoms with van der Waals surface area (Å²) in [5.41, 5.74) is 2.03. The summed E-state index contributed by atoms with van der Waals surface area (Å²) in [4.78, 5) is 18.7. The van der Waals surface area contributed by atoms with Gasteiger partial charge in [-0.3, -0.25) is 4.79 Å². The van der Waals surface area contributed by atoms with Gasteiger partial charge in [0.05, 0.1) is 6.04 Å². The topological polar surface area (TPSA) is 23.6 Å². The molecule has 0 spiro atoms. The summed E-state index contributed by atoms with van der Waals surface area (Å²) in [6.45, 7) is 1.82. The zero-order valence-corrected chi connectivity index (χ0v) is 14.7. The quantitative estimate of drug-likeness (QED) is 0.833. The predicted octanol–water partition coefficient (Wildman–Crippen LogP) is 3.83. The molecule has 3 nitrogen and oxygen atoms in total. The lowest BCUT2D eigenvalue weighted by Crippen LogP contribution is -2.31. The van der Waals surface area contributed by atoms with Gasteiger partial charge in [-0.15, -0.1) is 11.3 Å². The Balaban J connectivity index is 1.82. The Kier molecular flexibility index (Phi) is 5.13. The van der Waals surface area contributed by atoms with E-state index < -0.39 is 0 Å². The predicted molar refractivity (Wildman–Crippen MR) is 96.0 cm³/mol. The number of carbonyl (C=O) groups excluding carboxylic acids is 1. The summed E-state index contributed by atoms with van der Waals surface area (Å²) < 4.78 is 0. The van der Waals surface area contributed by atoms with Crippen LogP contribution in [0.4, 0.5) is 0 Å². The molecule has 4 heteroatoms. The van der Waals surface area contributed by atoms with Gasteiger partial charge in [0, 0.05) is 23.5 Å². The Morgan fingerprint density at radius 2 is 2.09 bits per heavy atom. The standard InChI is InChI=1S/C19H24N2OS/c1-20(2)13-11-15-7-3-4-8-16(15)19(22)21-12-5-9-17(21)18-10-6-14-23-18/h3-4,6-8,10,14,17H,5,9,11-13H2,1-2H3/t17-/m0/s1. The van der Waals surface area contributed by atoms with Crippen LogP contribution in [0.3, 0.4) is 0 Å². The van der Waals surface area contributed by atoms with E-state index in [0.717, 1.165) is 43.5 Å². The Morgan fingerprint density at radius 1 is 1.26 bits per heavy atom. The monoisotopic (exact) mass is 328 g/mol. The summed E-state index contributed by atoms with van der Waals surface area (Å²) in [6, 6.07) is 12.6. The fourth-order valence-electron chi connectivity index (χ4n) is 3.23. The Hall–Kier alpha value is -1.65. The molecule has 0 radical (unpaired) electrons. The summed E-state index contributed by atoms with van der Waals surface area (Å²) >= 11 is 1.75. The third kappa shape index (κ3) is 3.65. The van der Waals surface area contributed by atoms with Crippen LogP contribution in [0.25, 0.3) is 0 Å². The van der Waals surface area contributed by atoms with Gasteiger partial charge in [-0.1, -0.05) is 24.3 Å². The molecule has 1 aromatic heterocycles. The molecule has 1 fully saturated rings. The molecule has 122 valence electrons. The smallest absolute Gasteiger partial charge is 0.254 e. The number of carbonyl (C=O) groups is 1. The van der Waals surface area contributed by atoms with Crippen molar-refractivity contribution in [2.75, 3.05) is 27.2 Å². The van der Waals surface area contributed by atoms with E-state index in [4.69, 9.17) is 0 Å². The number of likely N-dealkylation sites (N-methyl/N-ethyl adjacent to an activating group) is 1.